The Kier molecular flexibility index (Phi) is 4.61. The molecule has 0 aromatic carbocycles. The number of ether oxygens (including phenoxy) is 1. The van der Waals surface area contributed by atoms with Gasteiger partial charge in [0.2, 0.25) is 0 Å². The van der Waals surface area contributed by atoms with Crippen LogP contribution in [0, 0.1) is 0 Å². The van der Waals surface area contributed by atoms with Crippen LogP contribution in [0.5, 0.6) is 0 Å². The van der Waals surface area contributed by atoms with Gasteiger partial charge in [-0.2, -0.15) is 0 Å². The molecule has 12 heavy (non-hydrogen) atoms. The first-order valence-corrected chi connectivity index (χ1v) is 5.04. The van der Waals surface area contributed by atoms with Crippen LogP contribution < -0.4 is 4.89 Å². The molecule has 7 heteroatoms. The lowest BCUT2D eigenvalue weighted by Gasteiger charge is -2.10. The summed E-state index contributed by atoms with van der Waals surface area (Å²) in [6, 6.07) is 0. The topological polar surface area (TPSA) is 64.6 Å². The Morgan fingerprint density at radius 1 is 1.50 bits per heavy atom. The second-order valence-electron chi connectivity index (χ2n) is 2.21. The van der Waals surface area contributed by atoms with Crippen molar-refractivity contribution in [1.29, 1.82) is 0 Å². The molecule has 0 heterocycles. The molecular weight excluding hydrogens is 202 g/mol. The third-order valence-corrected chi connectivity index (χ3v) is 2.42. The number of nitrogens with one attached hydrogen (secondary N) is 1. The summed E-state index contributed by atoms with van der Waals surface area (Å²) in [4.78, 5) is 5.94. The Morgan fingerprint density at radius 2 is 2.00 bits per heavy atom. The Labute approximate surface area is 77.0 Å². The van der Waals surface area contributed by atoms with Gasteiger partial charge in [-0.15, -0.1) is 0 Å². The molecule has 0 atom stereocenters. The second-order valence-corrected chi connectivity index (χ2v) is 4.38. The fourth-order valence-corrected chi connectivity index (χ4v) is 1.30. The summed E-state index contributed by atoms with van der Waals surface area (Å²) < 4.78 is 26.2. The van der Waals surface area contributed by atoms with E-state index in [0.29, 0.717) is 0 Å². The van der Waals surface area contributed by atoms with Gasteiger partial charge in [-0.1, -0.05) is 4.89 Å². The molecule has 0 fully saturated rings. The van der Waals surface area contributed by atoms with Gasteiger partial charge in [0, 0.05) is 0 Å². The van der Waals surface area contributed by atoms with Crippen LogP contribution in [0.1, 0.15) is 13.8 Å². The van der Waals surface area contributed by atoms with Crippen LogP contribution in [0.3, 0.4) is 0 Å². The maximum absolute atomic E-state index is 11.0. The van der Waals surface area contributed by atoms with E-state index in [0.717, 1.165) is 0 Å². The van der Waals surface area contributed by atoms with Gasteiger partial charge in [-0.3, -0.25) is 4.84 Å². The zero-order valence-corrected chi connectivity index (χ0v) is 8.66. The molecule has 72 valence electrons. The van der Waals surface area contributed by atoms with Crippen molar-refractivity contribution in [3.63, 3.8) is 0 Å². The third kappa shape index (κ3) is 3.96. The van der Waals surface area contributed by atoms with Crippen LogP contribution in [-0.4, -0.2) is 26.0 Å². The highest BCUT2D eigenvalue weighted by atomic mass is 32.2. The minimum Gasteiger partial charge on any atom is -0.471 e. The highest BCUT2D eigenvalue weighted by molar-refractivity contribution is 8.15. The van der Waals surface area contributed by atoms with Gasteiger partial charge in [0.05, 0.1) is 13.2 Å². The van der Waals surface area contributed by atoms with Crippen LogP contribution in [0.25, 0.3) is 0 Å². The lowest BCUT2D eigenvalue weighted by atomic mass is 10.5. The second kappa shape index (κ2) is 4.70. The molecular formula is C5H11NO4S2. The fourth-order valence-electron chi connectivity index (χ4n) is 0.400. The van der Waals surface area contributed by atoms with E-state index in [2.05, 4.69) is 17.1 Å². The molecule has 1 N–H and O–H groups in total. The summed E-state index contributed by atoms with van der Waals surface area (Å²) in [6.07, 6.45) is -0.272. The number of rotatable bonds is 3. The van der Waals surface area contributed by atoms with Gasteiger partial charge in [0.15, 0.2) is 0 Å². The maximum Gasteiger partial charge on any atom is 0.306 e. The fraction of sp³-hybridized carbons (Fsp3) is 0.800. The summed E-state index contributed by atoms with van der Waals surface area (Å²) >= 11 is 4.48. The van der Waals surface area contributed by atoms with Crippen LogP contribution in [0.4, 0.5) is 0 Å². The van der Waals surface area contributed by atoms with E-state index in [9.17, 15) is 8.42 Å². The van der Waals surface area contributed by atoms with Crippen molar-refractivity contribution in [3.05, 3.63) is 0 Å². The van der Waals surface area contributed by atoms with Crippen molar-refractivity contribution in [1.82, 2.24) is 4.89 Å². The summed E-state index contributed by atoms with van der Waals surface area (Å²) in [5.41, 5.74) is 0. The molecule has 0 amide bonds. The first kappa shape index (κ1) is 11.8. The monoisotopic (exact) mass is 213 g/mol. The molecule has 0 rings (SSSR count). The van der Waals surface area contributed by atoms with Crippen molar-refractivity contribution in [2.24, 2.45) is 0 Å². The van der Waals surface area contributed by atoms with Gasteiger partial charge in [0.1, 0.15) is 0 Å². The average Bonchev–Trinajstić information content (AvgIpc) is 1.85. The van der Waals surface area contributed by atoms with Crippen LogP contribution >= 0.6 is 12.2 Å². The van der Waals surface area contributed by atoms with Crippen molar-refractivity contribution >= 4 is 26.6 Å². The number of hydrogen-bond donors (Lipinski definition) is 1. The third-order valence-electron chi connectivity index (χ3n) is 0.744. The van der Waals surface area contributed by atoms with Crippen molar-refractivity contribution < 1.29 is 18.0 Å². The Morgan fingerprint density at radius 3 is 2.33 bits per heavy atom. The number of sulfonamides is 1. The maximum atomic E-state index is 11.0. The van der Waals surface area contributed by atoms with Crippen LogP contribution in [-0.2, 0) is 19.6 Å². The van der Waals surface area contributed by atoms with E-state index in [1.54, 1.807) is 18.7 Å². The van der Waals surface area contributed by atoms with Gasteiger partial charge in [-0.05, 0) is 26.1 Å². The van der Waals surface area contributed by atoms with Gasteiger partial charge in [0.25, 0.3) is 4.38 Å². The van der Waals surface area contributed by atoms with Crippen LogP contribution in [0.2, 0.25) is 0 Å². The molecule has 0 spiro atoms. The molecule has 0 aromatic heterocycles. The highest BCUT2D eigenvalue weighted by Gasteiger charge is 2.19. The Balaban J connectivity index is 4.28. The van der Waals surface area contributed by atoms with Crippen molar-refractivity contribution in [2.75, 3.05) is 7.11 Å². The predicted octanol–water partition coefficient (Wildman–Crippen LogP) is 0.177. The molecule has 0 saturated carbocycles. The van der Waals surface area contributed by atoms with Crippen LogP contribution in [0.15, 0.2) is 0 Å². The first-order chi connectivity index (χ1) is 5.40. The highest BCUT2D eigenvalue weighted by Crippen LogP contribution is 1.97. The zero-order valence-electron chi connectivity index (χ0n) is 7.03. The average molecular weight is 213 g/mol. The number of thiocarbonyl (C=S) groups is 1. The molecule has 0 saturated heterocycles. The lowest BCUT2D eigenvalue weighted by molar-refractivity contribution is 0.153. The SMILES string of the molecule is CONS(=O)(=O)C(=S)OC(C)C. The van der Waals surface area contributed by atoms with Gasteiger partial charge in [-0.25, -0.2) is 8.42 Å². The number of hydrogen-bond acceptors (Lipinski definition) is 5. The van der Waals surface area contributed by atoms with E-state index < -0.39 is 14.4 Å². The van der Waals surface area contributed by atoms with Gasteiger partial charge < -0.3 is 4.74 Å². The zero-order chi connectivity index (χ0) is 9.78. The Hall–Kier alpha value is -0.240. The minimum atomic E-state index is -3.77. The molecule has 0 radical (unpaired) electrons. The molecule has 0 aliphatic carbocycles. The molecule has 0 aromatic rings. The van der Waals surface area contributed by atoms with E-state index in [1.165, 1.54) is 7.11 Å². The summed E-state index contributed by atoms with van der Waals surface area (Å²) in [5.74, 6) is 0. The lowest BCUT2D eigenvalue weighted by Crippen LogP contribution is -2.31. The van der Waals surface area contributed by atoms with E-state index in [-0.39, 0.29) is 6.10 Å². The normalized spacial score (nSPS) is 11.7. The molecule has 0 aliphatic heterocycles. The van der Waals surface area contributed by atoms with E-state index in [4.69, 9.17) is 4.74 Å². The van der Waals surface area contributed by atoms with E-state index in [1.807, 2.05) is 0 Å². The van der Waals surface area contributed by atoms with Crippen molar-refractivity contribution in [2.45, 2.75) is 20.0 Å². The molecule has 5 nitrogen and oxygen atoms in total. The molecule has 0 bridgehead atoms. The summed E-state index contributed by atoms with van der Waals surface area (Å²) in [6.45, 7) is 3.35. The van der Waals surface area contributed by atoms with E-state index >= 15 is 0 Å². The quantitative estimate of drug-likeness (QED) is 0.535. The van der Waals surface area contributed by atoms with Gasteiger partial charge >= 0.3 is 10.0 Å². The Bertz CT molecular complexity index is 246. The standard InChI is InChI=1S/C5H11NO4S2/c1-4(2)10-5(11)12(7,8)6-9-3/h4,6H,1-3H3. The van der Waals surface area contributed by atoms with Crippen molar-refractivity contribution in [3.8, 4) is 0 Å². The smallest absolute Gasteiger partial charge is 0.306 e. The predicted molar refractivity (Wildman–Crippen MR) is 47.9 cm³/mol. The molecule has 0 unspecified atom stereocenters. The summed E-state index contributed by atoms with van der Waals surface area (Å²) in [5, 5.41) is 0. The first-order valence-electron chi connectivity index (χ1n) is 3.15. The minimum absolute atomic E-state index is 0.272. The summed E-state index contributed by atoms with van der Waals surface area (Å²) in [7, 11) is -2.59. The molecule has 0 aliphatic rings. The largest absolute Gasteiger partial charge is 0.471 e.